The van der Waals surface area contributed by atoms with E-state index >= 15 is 0 Å². The van der Waals surface area contributed by atoms with Gasteiger partial charge < -0.3 is 14.7 Å². The molecule has 7 heteroatoms. The number of hydrogen-bond donors (Lipinski definition) is 2. The summed E-state index contributed by atoms with van der Waals surface area (Å²) < 4.78 is 6.14. The zero-order chi connectivity index (χ0) is 20.0. The number of ether oxygens (including phenoxy) is 1. The van der Waals surface area contributed by atoms with Crippen LogP contribution in [-0.2, 0) is 0 Å². The smallest absolute Gasteiger partial charge is 0.350 e. The van der Waals surface area contributed by atoms with E-state index in [1.165, 1.54) is 5.57 Å². The lowest BCUT2D eigenvalue weighted by molar-refractivity contribution is 0.361. The molecule has 7 nitrogen and oxygen atoms in total. The number of allylic oxidation sites excluding steroid dienone is 2. The van der Waals surface area contributed by atoms with Crippen molar-refractivity contribution in [1.29, 1.82) is 0 Å². The monoisotopic (exact) mass is 380 g/mol. The van der Waals surface area contributed by atoms with Crippen molar-refractivity contribution in [3.8, 4) is 5.75 Å². The maximum absolute atomic E-state index is 12.9. The number of H-pyrrole nitrogens is 2. The first kappa shape index (κ1) is 18.3. The quantitative estimate of drug-likeness (QED) is 0.540. The van der Waals surface area contributed by atoms with Crippen LogP contribution in [0, 0.1) is 17.8 Å². The molecule has 0 saturated heterocycles. The van der Waals surface area contributed by atoms with Crippen molar-refractivity contribution in [3.05, 3.63) is 50.7 Å². The van der Waals surface area contributed by atoms with Gasteiger partial charge in [0.2, 0.25) is 0 Å². The number of rotatable bonds is 3. The highest BCUT2D eigenvalue weighted by atomic mass is 16.5. The van der Waals surface area contributed by atoms with Crippen molar-refractivity contribution in [2.24, 2.45) is 22.9 Å². The fourth-order valence-electron chi connectivity index (χ4n) is 4.27. The zero-order valence-corrected chi connectivity index (χ0v) is 16.4. The van der Waals surface area contributed by atoms with Gasteiger partial charge in [-0.05, 0) is 43.4 Å². The van der Waals surface area contributed by atoms with Crippen molar-refractivity contribution in [2.45, 2.75) is 27.2 Å². The highest BCUT2D eigenvalue weighted by molar-refractivity contribution is 6.04. The molecule has 0 fully saturated rings. The van der Waals surface area contributed by atoms with Gasteiger partial charge >= 0.3 is 11.2 Å². The van der Waals surface area contributed by atoms with Crippen LogP contribution in [0.3, 0.4) is 0 Å². The molecule has 146 valence electrons. The lowest BCUT2D eigenvalue weighted by Gasteiger charge is -2.29. The number of aromatic amines is 2. The molecule has 2 heterocycles. The van der Waals surface area contributed by atoms with Gasteiger partial charge in [-0.2, -0.15) is 5.10 Å². The molecule has 1 aromatic carbocycles. The molecule has 2 N–H and O–H groups in total. The Morgan fingerprint density at radius 2 is 2.00 bits per heavy atom. The number of nitrogens with zero attached hydrogens (tertiary/aromatic N) is 2. The van der Waals surface area contributed by atoms with Crippen LogP contribution in [0.1, 0.15) is 27.2 Å². The molecule has 1 aliphatic carbocycles. The summed E-state index contributed by atoms with van der Waals surface area (Å²) in [6, 6.07) is 5.41. The fraction of sp³-hybridized carbons (Fsp3) is 0.381. The molecule has 0 radical (unpaired) electrons. The van der Waals surface area contributed by atoms with E-state index < -0.39 is 11.2 Å². The van der Waals surface area contributed by atoms with Gasteiger partial charge in [0.15, 0.2) is 0 Å². The van der Waals surface area contributed by atoms with Gasteiger partial charge in [0.1, 0.15) is 11.3 Å². The summed E-state index contributed by atoms with van der Waals surface area (Å²) >= 11 is 0. The maximum atomic E-state index is 12.9. The van der Waals surface area contributed by atoms with Crippen molar-refractivity contribution < 1.29 is 4.74 Å². The predicted octanol–water partition coefficient (Wildman–Crippen LogP) is 3.25. The number of benzene rings is 1. The first-order valence-electron chi connectivity index (χ1n) is 9.45. The van der Waals surface area contributed by atoms with E-state index in [4.69, 9.17) is 4.74 Å². The lowest BCUT2D eigenvalue weighted by atomic mass is 9.76. The average Bonchev–Trinajstić information content (AvgIpc) is 3.01. The van der Waals surface area contributed by atoms with Gasteiger partial charge in [-0.25, -0.2) is 4.79 Å². The van der Waals surface area contributed by atoms with Crippen molar-refractivity contribution in [2.75, 3.05) is 7.11 Å². The molecule has 0 aliphatic heterocycles. The first-order chi connectivity index (χ1) is 13.4. The molecule has 4 rings (SSSR count). The van der Waals surface area contributed by atoms with E-state index in [1.54, 1.807) is 25.5 Å². The van der Waals surface area contributed by atoms with Gasteiger partial charge in [0.25, 0.3) is 0 Å². The van der Waals surface area contributed by atoms with E-state index in [2.05, 4.69) is 41.9 Å². The number of aromatic nitrogens is 3. The largest absolute Gasteiger partial charge is 0.497 e. The molecular weight excluding hydrogens is 356 g/mol. The van der Waals surface area contributed by atoms with Gasteiger partial charge in [-0.1, -0.05) is 25.5 Å². The van der Waals surface area contributed by atoms with Crippen LogP contribution in [0.2, 0.25) is 0 Å². The second-order valence-electron chi connectivity index (χ2n) is 7.73. The molecule has 0 saturated carbocycles. The summed E-state index contributed by atoms with van der Waals surface area (Å²) in [7, 11) is 1.57. The zero-order valence-electron chi connectivity index (χ0n) is 16.4. The summed E-state index contributed by atoms with van der Waals surface area (Å²) in [6.07, 6.45) is 4.97. The molecule has 3 atom stereocenters. The van der Waals surface area contributed by atoms with Crippen molar-refractivity contribution >= 4 is 28.2 Å². The molecular formula is C21H24N4O3. The Bertz CT molecular complexity index is 1230. The topological polar surface area (TPSA) is 92.2 Å². The Kier molecular flexibility index (Phi) is 4.45. The first-order valence-corrected chi connectivity index (χ1v) is 9.45. The molecule has 1 aliphatic rings. The van der Waals surface area contributed by atoms with Crippen molar-refractivity contribution in [1.82, 2.24) is 14.6 Å². The van der Waals surface area contributed by atoms with Crippen LogP contribution in [0.15, 0.2) is 44.5 Å². The average molecular weight is 380 g/mol. The molecule has 3 aromatic rings. The van der Waals surface area contributed by atoms with E-state index in [0.29, 0.717) is 28.6 Å². The molecule has 28 heavy (non-hydrogen) atoms. The van der Waals surface area contributed by atoms with Crippen LogP contribution in [-0.4, -0.2) is 28.0 Å². The van der Waals surface area contributed by atoms with E-state index in [-0.39, 0.29) is 5.92 Å². The van der Waals surface area contributed by atoms with Crippen LogP contribution >= 0.6 is 0 Å². The van der Waals surface area contributed by atoms with Crippen LogP contribution in [0.5, 0.6) is 5.75 Å². The predicted molar refractivity (Wildman–Crippen MR) is 111 cm³/mol. The summed E-state index contributed by atoms with van der Waals surface area (Å²) in [4.78, 5) is 31.4. The molecule has 0 amide bonds. The highest BCUT2D eigenvalue weighted by Crippen LogP contribution is 2.32. The maximum Gasteiger partial charge on any atom is 0.350 e. The Labute approximate surface area is 161 Å². The molecule has 2 aromatic heterocycles. The van der Waals surface area contributed by atoms with Gasteiger partial charge in [-0.15, -0.1) is 4.68 Å². The lowest BCUT2D eigenvalue weighted by Crippen LogP contribution is -2.33. The molecule has 0 bridgehead atoms. The molecule has 0 spiro atoms. The van der Waals surface area contributed by atoms with Crippen LogP contribution < -0.4 is 16.0 Å². The second kappa shape index (κ2) is 6.82. The second-order valence-corrected chi connectivity index (χ2v) is 7.73. The van der Waals surface area contributed by atoms with Crippen molar-refractivity contribution in [3.63, 3.8) is 0 Å². The van der Waals surface area contributed by atoms with E-state index in [0.717, 1.165) is 22.0 Å². The number of nitrogens with one attached hydrogen (secondary N) is 2. The number of hydrogen-bond acceptors (Lipinski definition) is 4. The Morgan fingerprint density at radius 1 is 1.21 bits per heavy atom. The van der Waals surface area contributed by atoms with E-state index in [1.807, 2.05) is 6.07 Å². The summed E-state index contributed by atoms with van der Waals surface area (Å²) in [6.45, 7) is 6.44. The highest BCUT2D eigenvalue weighted by Gasteiger charge is 2.25. The fourth-order valence-corrected chi connectivity index (χ4v) is 4.27. The summed E-state index contributed by atoms with van der Waals surface area (Å²) in [5.74, 6) is 1.55. The normalized spacial score (nSPS) is 22.9. The van der Waals surface area contributed by atoms with Gasteiger partial charge in [0.05, 0.1) is 12.6 Å². The van der Waals surface area contributed by atoms with Crippen LogP contribution in [0.25, 0.3) is 21.9 Å². The minimum Gasteiger partial charge on any atom is -0.497 e. The standard InChI is InChI=1S/C21H24N4O3/c1-11-7-12(2)16(13(3)8-11)10-22-25-20(26)19-18(24-21(25)27)15-9-14(28-4)5-6-17(15)23-19/h5-7,9-10,12-13,16,23H,8H2,1-4H3,(H,24,27)/b22-10-/t12-,13-,16+/m0/s1. The Morgan fingerprint density at radius 3 is 2.71 bits per heavy atom. The third-order valence-electron chi connectivity index (χ3n) is 5.65. The Balaban J connectivity index is 1.81. The van der Waals surface area contributed by atoms with Crippen LogP contribution in [0.4, 0.5) is 0 Å². The number of methoxy groups -OCH3 is 1. The SMILES string of the molecule is COc1ccc2[nH]c3c(=O)n(/N=C\[C@@H]4[C@@H](C)C=C(C)C[C@@H]4C)c(=O)[nH]c3c2c1. The molecule has 0 unspecified atom stereocenters. The third kappa shape index (κ3) is 2.96. The third-order valence-corrected chi connectivity index (χ3v) is 5.65. The minimum absolute atomic E-state index is 0.178. The summed E-state index contributed by atoms with van der Waals surface area (Å²) in [5, 5.41) is 5.00. The van der Waals surface area contributed by atoms with E-state index in [9.17, 15) is 9.59 Å². The minimum atomic E-state index is -0.555. The van der Waals surface area contributed by atoms with Gasteiger partial charge in [-0.3, -0.25) is 4.79 Å². The van der Waals surface area contributed by atoms with Gasteiger partial charge in [0, 0.05) is 23.0 Å². The Hall–Kier alpha value is -3.09. The summed E-state index contributed by atoms with van der Waals surface area (Å²) in [5.41, 5.74) is 1.89. The number of fused-ring (bicyclic) bond motifs is 3.